The summed E-state index contributed by atoms with van der Waals surface area (Å²) < 4.78 is 0. The summed E-state index contributed by atoms with van der Waals surface area (Å²) in [7, 11) is 0. The van der Waals surface area contributed by atoms with E-state index in [1.54, 1.807) is 18.3 Å². The molecule has 15 heavy (non-hydrogen) atoms. The molecular formula is C10H15ClN2O2. The van der Waals surface area contributed by atoms with Crippen molar-refractivity contribution in [2.24, 2.45) is 0 Å². The zero-order valence-electron chi connectivity index (χ0n) is 8.57. The van der Waals surface area contributed by atoms with Crippen molar-refractivity contribution in [2.45, 2.75) is 18.9 Å². The Morgan fingerprint density at radius 3 is 2.60 bits per heavy atom. The maximum atomic E-state index is 9.24. The molecule has 1 rings (SSSR count). The highest BCUT2D eigenvalue weighted by atomic mass is 35.5. The second-order valence-corrected chi connectivity index (χ2v) is 3.83. The van der Waals surface area contributed by atoms with Gasteiger partial charge in [-0.05, 0) is 18.6 Å². The van der Waals surface area contributed by atoms with Crippen LogP contribution in [-0.2, 0) is 0 Å². The van der Waals surface area contributed by atoms with Crippen molar-refractivity contribution in [2.75, 3.05) is 18.5 Å². The Bertz CT molecular complexity index is 308. The quantitative estimate of drug-likeness (QED) is 0.667. The third kappa shape index (κ3) is 3.06. The van der Waals surface area contributed by atoms with Gasteiger partial charge in [-0.15, -0.1) is 0 Å². The molecule has 0 aliphatic rings. The lowest BCUT2D eigenvalue weighted by molar-refractivity contribution is 0.132. The molecule has 0 saturated carbocycles. The van der Waals surface area contributed by atoms with Gasteiger partial charge >= 0.3 is 0 Å². The number of rotatable bonds is 5. The van der Waals surface area contributed by atoms with E-state index >= 15 is 0 Å². The summed E-state index contributed by atoms with van der Waals surface area (Å²) in [5, 5.41) is 21.9. The number of anilines is 1. The fraction of sp³-hybridized carbons (Fsp3) is 0.500. The van der Waals surface area contributed by atoms with Gasteiger partial charge < -0.3 is 15.5 Å². The molecule has 0 aliphatic heterocycles. The smallest absolute Gasteiger partial charge is 0.131 e. The van der Waals surface area contributed by atoms with E-state index in [-0.39, 0.29) is 13.2 Å². The molecule has 1 heterocycles. The Hall–Kier alpha value is -0.840. The second-order valence-electron chi connectivity index (χ2n) is 3.44. The zero-order valence-corrected chi connectivity index (χ0v) is 9.33. The highest BCUT2D eigenvalue weighted by Crippen LogP contribution is 2.19. The summed E-state index contributed by atoms with van der Waals surface area (Å²) in [4.78, 5) is 3.85. The largest absolute Gasteiger partial charge is 0.394 e. The van der Waals surface area contributed by atoms with E-state index in [1.807, 2.05) is 6.92 Å². The van der Waals surface area contributed by atoms with Crippen molar-refractivity contribution in [3.05, 3.63) is 23.5 Å². The first-order chi connectivity index (χ1) is 7.15. The molecule has 3 N–H and O–H groups in total. The molecule has 0 saturated heterocycles. The van der Waals surface area contributed by atoms with Crippen molar-refractivity contribution >= 4 is 17.3 Å². The van der Waals surface area contributed by atoms with E-state index in [0.29, 0.717) is 11.6 Å². The van der Waals surface area contributed by atoms with Crippen molar-refractivity contribution in [1.82, 2.24) is 4.98 Å². The summed E-state index contributed by atoms with van der Waals surface area (Å²) in [6, 6.07) is 3.39. The van der Waals surface area contributed by atoms with Crippen LogP contribution in [0, 0.1) is 0 Å². The van der Waals surface area contributed by atoms with E-state index in [0.717, 1.165) is 5.69 Å². The van der Waals surface area contributed by atoms with Gasteiger partial charge in [0.05, 0.1) is 18.8 Å². The number of aliphatic hydroxyl groups excluding tert-OH is 2. The fourth-order valence-electron chi connectivity index (χ4n) is 1.23. The summed E-state index contributed by atoms with van der Waals surface area (Å²) in [5.41, 5.74) is 0.0324. The molecule has 4 nitrogen and oxygen atoms in total. The standard InChI is InChI=1S/C10H15ClN2O2/c1-2-10(6-14,7-15)13-8-3-4-12-9(11)5-8/h3-5,14-15H,2,6-7H2,1H3,(H,12,13). The topological polar surface area (TPSA) is 65.4 Å². The third-order valence-electron chi connectivity index (χ3n) is 2.42. The van der Waals surface area contributed by atoms with Crippen LogP contribution in [0.5, 0.6) is 0 Å². The van der Waals surface area contributed by atoms with E-state index < -0.39 is 5.54 Å². The average Bonchev–Trinajstić information content (AvgIpc) is 2.26. The van der Waals surface area contributed by atoms with Crippen LogP contribution in [0.25, 0.3) is 0 Å². The number of nitrogens with one attached hydrogen (secondary N) is 1. The first kappa shape index (κ1) is 12.2. The van der Waals surface area contributed by atoms with Crippen molar-refractivity contribution in [1.29, 1.82) is 0 Å². The minimum atomic E-state index is -0.704. The summed E-state index contributed by atoms with van der Waals surface area (Å²) >= 11 is 5.73. The maximum absolute atomic E-state index is 9.24. The molecule has 5 heteroatoms. The molecule has 0 atom stereocenters. The molecule has 1 aromatic rings. The number of hydrogen-bond donors (Lipinski definition) is 3. The monoisotopic (exact) mass is 230 g/mol. The lowest BCUT2D eigenvalue weighted by atomic mass is 9.98. The number of hydrogen-bond acceptors (Lipinski definition) is 4. The SMILES string of the molecule is CCC(CO)(CO)Nc1ccnc(Cl)c1. The predicted octanol–water partition coefficient (Wildman–Crippen LogP) is 1.28. The predicted molar refractivity (Wildman–Crippen MR) is 60.1 cm³/mol. The highest BCUT2D eigenvalue weighted by molar-refractivity contribution is 6.29. The van der Waals surface area contributed by atoms with Crippen LogP contribution in [0.2, 0.25) is 5.15 Å². The van der Waals surface area contributed by atoms with Gasteiger partial charge in [-0.2, -0.15) is 0 Å². The number of pyridine rings is 1. The summed E-state index contributed by atoms with van der Waals surface area (Å²) in [5.74, 6) is 0. The Morgan fingerprint density at radius 2 is 2.13 bits per heavy atom. The van der Waals surface area contributed by atoms with Crippen LogP contribution >= 0.6 is 11.6 Å². The summed E-state index contributed by atoms with van der Waals surface area (Å²) in [6.45, 7) is 1.61. The molecule has 84 valence electrons. The van der Waals surface area contributed by atoms with E-state index in [2.05, 4.69) is 10.3 Å². The number of nitrogens with zero attached hydrogens (tertiary/aromatic N) is 1. The van der Waals surface area contributed by atoms with E-state index in [4.69, 9.17) is 11.6 Å². The lowest BCUT2D eigenvalue weighted by Crippen LogP contribution is -2.45. The Kier molecular flexibility index (Phi) is 4.32. The van der Waals surface area contributed by atoms with E-state index in [1.165, 1.54) is 0 Å². The average molecular weight is 231 g/mol. The molecule has 0 aromatic carbocycles. The van der Waals surface area contributed by atoms with Crippen LogP contribution in [0.15, 0.2) is 18.3 Å². The molecule has 0 amide bonds. The Morgan fingerprint density at radius 1 is 1.47 bits per heavy atom. The number of halogens is 1. The van der Waals surface area contributed by atoms with Gasteiger partial charge in [-0.25, -0.2) is 4.98 Å². The number of aromatic nitrogens is 1. The van der Waals surface area contributed by atoms with Gasteiger partial charge in [0.1, 0.15) is 5.15 Å². The molecule has 0 unspecified atom stereocenters. The molecule has 0 aliphatic carbocycles. The molecular weight excluding hydrogens is 216 g/mol. The van der Waals surface area contributed by atoms with Gasteiger partial charge in [0.25, 0.3) is 0 Å². The van der Waals surface area contributed by atoms with Crippen LogP contribution in [0.3, 0.4) is 0 Å². The lowest BCUT2D eigenvalue weighted by Gasteiger charge is -2.30. The van der Waals surface area contributed by atoms with Gasteiger partial charge in [-0.1, -0.05) is 18.5 Å². The van der Waals surface area contributed by atoms with E-state index in [9.17, 15) is 10.2 Å². The Balaban J connectivity index is 2.82. The molecule has 1 aromatic heterocycles. The van der Waals surface area contributed by atoms with Gasteiger partial charge in [0, 0.05) is 11.9 Å². The van der Waals surface area contributed by atoms with Crippen molar-refractivity contribution in [3.8, 4) is 0 Å². The van der Waals surface area contributed by atoms with Gasteiger partial charge in [-0.3, -0.25) is 0 Å². The third-order valence-corrected chi connectivity index (χ3v) is 2.62. The highest BCUT2D eigenvalue weighted by Gasteiger charge is 2.26. The van der Waals surface area contributed by atoms with Crippen LogP contribution in [0.1, 0.15) is 13.3 Å². The van der Waals surface area contributed by atoms with Crippen LogP contribution in [-0.4, -0.2) is 33.9 Å². The second kappa shape index (κ2) is 5.30. The van der Waals surface area contributed by atoms with Crippen LogP contribution < -0.4 is 5.32 Å². The van der Waals surface area contributed by atoms with Crippen molar-refractivity contribution < 1.29 is 10.2 Å². The van der Waals surface area contributed by atoms with Gasteiger partial charge in [0.2, 0.25) is 0 Å². The first-order valence-corrected chi connectivity index (χ1v) is 5.15. The first-order valence-electron chi connectivity index (χ1n) is 4.77. The normalized spacial score (nSPS) is 11.5. The minimum Gasteiger partial charge on any atom is -0.394 e. The molecule has 0 spiro atoms. The van der Waals surface area contributed by atoms with Crippen molar-refractivity contribution in [3.63, 3.8) is 0 Å². The van der Waals surface area contributed by atoms with Gasteiger partial charge in [0.15, 0.2) is 0 Å². The maximum Gasteiger partial charge on any atom is 0.131 e. The zero-order chi connectivity index (χ0) is 11.3. The minimum absolute atomic E-state index is 0.139. The summed E-state index contributed by atoms with van der Waals surface area (Å²) in [6.07, 6.45) is 2.18. The molecule has 0 bridgehead atoms. The molecule has 0 fully saturated rings. The fourth-order valence-corrected chi connectivity index (χ4v) is 1.40. The Labute approximate surface area is 93.9 Å². The molecule has 0 radical (unpaired) electrons. The number of aliphatic hydroxyl groups is 2. The van der Waals surface area contributed by atoms with Crippen LogP contribution in [0.4, 0.5) is 5.69 Å².